The lowest BCUT2D eigenvalue weighted by atomic mass is 10.0. The maximum Gasteiger partial charge on any atom is 0.299 e. The summed E-state index contributed by atoms with van der Waals surface area (Å²) in [6, 6.07) is 24.8. The topological polar surface area (TPSA) is 93.7 Å². The molecule has 0 unspecified atom stereocenters. The molecule has 8 nitrogen and oxygen atoms in total. The smallest absolute Gasteiger partial charge is 0.299 e. The average molecular weight is 514 g/mol. The number of benzene rings is 3. The molecule has 0 bridgehead atoms. The fourth-order valence-corrected chi connectivity index (χ4v) is 4.58. The molecular formula is C29H28FN5O3. The molecular weight excluding hydrogens is 485 g/mol. The normalized spacial score (nSPS) is 15.1. The number of likely N-dealkylation sites (N-methyl/N-ethyl adjacent to an activating group) is 1. The van der Waals surface area contributed by atoms with Crippen molar-refractivity contribution < 1.29 is 18.7 Å². The van der Waals surface area contributed by atoms with E-state index in [0.29, 0.717) is 29.4 Å². The Labute approximate surface area is 220 Å². The first-order valence-electron chi connectivity index (χ1n) is 12.3. The Morgan fingerprint density at radius 3 is 2.34 bits per heavy atom. The summed E-state index contributed by atoms with van der Waals surface area (Å²) in [4.78, 5) is 28.6. The van der Waals surface area contributed by atoms with Gasteiger partial charge in [-0.25, -0.2) is 15.2 Å². The SMILES string of the molecule is CN1Cc2c(OCc3ccccc3)c(C(=O)N(N)C(=O)Cc3ccc(F)cc3)nn2[C@@H](c2ccccc2)C1. The van der Waals surface area contributed by atoms with E-state index in [-0.39, 0.29) is 24.8 Å². The molecule has 0 spiro atoms. The van der Waals surface area contributed by atoms with E-state index in [0.717, 1.165) is 16.8 Å². The van der Waals surface area contributed by atoms with Crippen molar-refractivity contribution >= 4 is 11.8 Å². The van der Waals surface area contributed by atoms with Gasteiger partial charge in [0, 0.05) is 13.1 Å². The first-order valence-corrected chi connectivity index (χ1v) is 12.3. The number of hydrogen-bond donors (Lipinski definition) is 1. The number of imide groups is 1. The van der Waals surface area contributed by atoms with Crippen molar-refractivity contribution in [3.05, 3.63) is 119 Å². The molecule has 4 aromatic rings. The molecule has 1 aromatic heterocycles. The second-order valence-corrected chi connectivity index (χ2v) is 9.34. The second kappa shape index (κ2) is 11.0. The van der Waals surface area contributed by atoms with E-state index >= 15 is 0 Å². The molecule has 194 valence electrons. The second-order valence-electron chi connectivity index (χ2n) is 9.34. The molecule has 9 heteroatoms. The van der Waals surface area contributed by atoms with Gasteiger partial charge in [-0.1, -0.05) is 72.8 Å². The number of fused-ring (bicyclic) bond motifs is 1. The average Bonchev–Trinajstić information content (AvgIpc) is 3.31. The van der Waals surface area contributed by atoms with Crippen LogP contribution in [-0.2, 0) is 24.4 Å². The summed E-state index contributed by atoms with van der Waals surface area (Å²) in [5.41, 5.74) is 3.20. The summed E-state index contributed by atoms with van der Waals surface area (Å²) in [5.74, 6) is 4.50. The van der Waals surface area contributed by atoms with Crippen molar-refractivity contribution in [2.75, 3.05) is 13.6 Å². The maximum atomic E-state index is 13.6. The lowest BCUT2D eigenvalue weighted by Gasteiger charge is -2.31. The number of hydrazine groups is 1. The minimum Gasteiger partial charge on any atom is -0.484 e. The zero-order chi connectivity index (χ0) is 26.6. The Kier molecular flexibility index (Phi) is 7.30. The number of rotatable bonds is 7. The number of carbonyl (C=O) groups excluding carboxylic acids is 2. The summed E-state index contributed by atoms with van der Waals surface area (Å²) in [5, 5.41) is 5.23. The van der Waals surface area contributed by atoms with Gasteiger partial charge in [0.1, 0.15) is 12.4 Å². The number of halogens is 1. The highest BCUT2D eigenvalue weighted by Gasteiger charge is 2.35. The number of aromatic nitrogens is 2. The highest BCUT2D eigenvalue weighted by molar-refractivity contribution is 6.05. The molecule has 2 amide bonds. The number of nitrogens with two attached hydrogens (primary N) is 1. The number of ether oxygens (including phenoxy) is 1. The molecule has 2 heterocycles. The minimum atomic E-state index is -0.767. The molecule has 0 fully saturated rings. The number of hydrogen-bond acceptors (Lipinski definition) is 6. The highest BCUT2D eigenvalue weighted by Crippen LogP contribution is 2.35. The van der Waals surface area contributed by atoms with E-state index in [1.165, 1.54) is 24.3 Å². The molecule has 1 aliphatic rings. The first kappa shape index (κ1) is 25.3. The van der Waals surface area contributed by atoms with Crippen molar-refractivity contribution in [2.45, 2.75) is 25.6 Å². The summed E-state index contributed by atoms with van der Waals surface area (Å²) >= 11 is 0. The monoisotopic (exact) mass is 513 g/mol. The summed E-state index contributed by atoms with van der Waals surface area (Å²) in [7, 11) is 2.00. The fraction of sp³-hybridized carbons (Fsp3) is 0.207. The Morgan fingerprint density at radius 2 is 1.66 bits per heavy atom. The van der Waals surface area contributed by atoms with Crippen LogP contribution in [0.1, 0.15) is 38.9 Å². The van der Waals surface area contributed by atoms with Gasteiger partial charge < -0.3 is 4.74 Å². The van der Waals surface area contributed by atoms with E-state index in [4.69, 9.17) is 10.6 Å². The molecule has 5 rings (SSSR count). The standard InChI is InChI=1S/C29H28FN5O3/c1-33-17-24(22-10-6-3-7-11-22)35-25(18-33)28(38-19-21-8-4-2-5-9-21)27(32-35)29(37)34(31)26(36)16-20-12-14-23(30)15-13-20/h2-15,24H,16-19,31H2,1H3/t24-/m1/s1. The summed E-state index contributed by atoms with van der Waals surface area (Å²) in [6.45, 7) is 1.40. The van der Waals surface area contributed by atoms with E-state index in [2.05, 4.69) is 10.00 Å². The summed E-state index contributed by atoms with van der Waals surface area (Å²) in [6.07, 6.45) is -0.161. The maximum absolute atomic E-state index is 13.6. The lowest BCUT2D eigenvalue weighted by Crippen LogP contribution is -2.43. The van der Waals surface area contributed by atoms with Crippen LogP contribution in [0.4, 0.5) is 4.39 Å². The van der Waals surface area contributed by atoms with Gasteiger partial charge in [-0.05, 0) is 35.9 Å². The third-order valence-electron chi connectivity index (χ3n) is 6.53. The lowest BCUT2D eigenvalue weighted by molar-refractivity contribution is -0.128. The largest absolute Gasteiger partial charge is 0.484 e. The Morgan fingerprint density at radius 1 is 1.00 bits per heavy atom. The van der Waals surface area contributed by atoms with E-state index in [1.807, 2.05) is 67.7 Å². The number of nitrogens with zero attached hydrogens (tertiary/aromatic N) is 4. The molecule has 38 heavy (non-hydrogen) atoms. The van der Waals surface area contributed by atoms with Gasteiger partial charge in [-0.3, -0.25) is 19.2 Å². The molecule has 1 atom stereocenters. The predicted molar refractivity (Wildman–Crippen MR) is 139 cm³/mol. The van der Waals surface area contributed by atoms with Crippen LogP contribution in [0.25, 0.3) is 0 Å². The van der Waals surface area contributed by atoms with Gasteiger partial charge in [0.15, 0.2) is 11.4 Å². The molecule has 0 aliphatic carbocycles. The molecule has 3 aromatic carbocycles. The van der Waals surface area contributed by atoms with Crippen molar-refractivity contribution in [1.29, 1.82) is 0 Å². The van der Waals surface area contributed by atoms with Crippen LogP contribution in [-0.4, -0.2) is 45.1 Å². The van der Waals surface area contributed by atoms with Gasteiger partial charge in [0.25, 0.3) is 5.91 Å². The van der Waals surface area contributed by atoms with Crippen LogP contribution in [0.2, 0.25) is 0 Å². The first-order chi connectivity index (χ1) is 18.4. The van der Waals surface area contributed by atoms with Crippen molar-refractivity contribution in [3.63, 3.8) is 0 Å². The Balaban J connectivity index is 1.49. The zero-order valence-corrected chi connectivity index (χ0v) is 21.0. The van der Waals surface area contributed by atoms with Crippen LogP contribution < -0.4 is 10.6 Å². The van der Waals surface area contributed by atoms with Crippen LogP contribution in [0.15, 0.2) is 84.9 Å². The van der Waals surface area contributed by atoms with Crippen molar-refractivity contribution in [3.8, 4) is 5.75 Å². The summed E-state index contributed by atoms with van der Waals surface area (Å²) < 4.78 is 21.3. The minimum absolute atomic E-state index is 0.0258. The molecule has 0 saturated heterocycles. The third-order valence-corrected chi connectivity index (χ3v) is 6.53. The third kappa shape index (κ3) is 5.34. The zero-order valence-electron chi connectivity index (χ0n) is 21.0. The van der Waals surface area contributed by atoms with Gasteiger partial charge in [-0.15, -0.1) is 0 Å². The van der Waals surface area contributed by atoms with Crippen LogP contribution in [0.5, 0.6) is 5.75 Å². The van der Waals surface area contributed by atoms with Crippen molar-refractivity contribution in [1.82, 2.24) is 19.7 Å². The van der Waals surface area contributed by atoms with Crippen LogP contribution >= 0.6 is 0 Å². The van der Waals surface area contributed by atoms with Crippen LogP contribution in [0, 0.1) is 5.82 Å². The Bertz CT molecular complexity index is 1420. The quantitative estimate of drug-likeness (QED) is 0.230. The van der Waals surface area contributed by atoms with Gasteiger partial charge in [0.05, 0.1) is 18.2 Å². The molecule has 0 saturated carbocycles. The molecule has 1 aliphatic heterocycles. The number of carbonyl (C=O) groups is 2. The molecule has 0 radical (unpaired) electrons. The van der Waals surface area contributed by atoms with Gasteiger partial charge in [-0.2, -0.15) is 5.10 Å². The van der Waals surface area contributed by atoms with Gasteiger partial charge >= 0.3 is 0 Å². The fourth-order valence-electron chi connectivity index (χ4n) is 4.58. The van der Waals surface area contributed by atoms with Crippen molar-refractivity contribution in [2.24, 2.45) is 5.84 Å². The Hall–Kier alpha value is -4.34. The highest BCUT2D eigenvalue weighted by atomic mass is 19.1. The van der Waals surface area contributed by atoms with E-state index in [9.17, 15) is 14.0 Å². The number of amides is 2. The van der Waals surface area contributed by atoms with Crippen LogP contribution in [0.3, 0.4) is 0 Å². The van der Waals surface area contributed by atoms with E-state index in [1.54, 1.807) is 4.68 Å². The van der Waals surface area contributed by atoms with E-state index < -0.39 is 17.6 Å². The van der Waals surface area contributed by atoms with Gasteiger partial charge in [0.2, 0.25) is 5.91 Å². The predicted octanol–water partition coefficient (Wildman–Crippen LogP) is 3.72. The molecule has 2 N–H and O–H groups in total.